The topological polar surface area (TPSA) is 64.1 Å². The van der Waals surface area contributed by atoms with Gasteiger partial charge in [0.05, 0.1) is 0 Å². The number of rotatable bonds is 5. The van der Waals surface area contributed by atoms with Gasteiger partial charge >= 0.3 is 0 Å². The lowest BCUT2D eigenvalue weighted by Gasteiger charge is -2.38. The molecule has 2 heterocycles. The Kier molecular flexibility index (Phi) is 5.85. The minimum Gasteiger partial charge on any atom is -0.454 e. The number of fused-ring (bicyclic) bond motifs is 1. The first-order valence-electron chi connectivity index (χ1n) is 9.85. The molecule has 0 unspecified atom stereocenters. The second kappa shape index (κ2) is 8.69. The molecule has 29 heavy (non-hydrogen) atoms. The fraction of sp³-hybridized carbons (Fsp3) is 0.409. The monoisotopic (exact) mass is 399 g/mol. The van der Waals surface area contributed by atoms with Crippen molar-refractivity contribution < 1.29 is 18.6 Å². The van der Waals surface area contributed by atoms with Gasteiger partial charge in [-0.15, -0.1) is 0 Å². The Hall–Kier alpha value is -2.80. The average molecular weight is 399 g/mol. The van der Waals surface area contributed by atoms with Crippen LogP contribution in [0.5, 0.6) is 11.5 Å². The molecule has 2 aliphatic heterocycles. The van der Waals surface area contributed by atoms with E-state index in [9.17, 15) is 4.39 Å². The van der Waals surface area contributed by atoms with Crippen LogP contribution in [0.1, 0.15) is 24.0 Å². The molecule has 7 heteroatoms. The van der Waals surface area contributed by atoms with Gasteiger partial charge in [-0.2, -0.15) is 0 Å². The Morgan fingerprint density at radius 1 is 1.07 bits per heavy atom. The average Bonchev–Trinajstić information content (AvgIpc) is 3.22. The molecule has 0 saturated carbocycles. The van der Waals surface area contributed by atoms with Gasteiger partial charge in [0, 0.05) is 38.8 Å². The van der Waals surface area contributed by atoms with Crippen molar-refractivity contribution in [1.29, 1.82) is 0 Å². The SMILES string of the molecule is CN=C(NCc1cccc(F)c1)NCC1(c2ccc3c(c2)OCO3)CCOCC1. The summed E-state index contributed by atoms with van der Waals surface area (Å²) < 4.78 is 30.0. The van der Waals surface area contributed by atoms with Gasteiger partial charge in [-0.05, 0) is 48.2 Å². The summed E-state index contributed by atoms with van der Waals surface area (Å²) in [5.74, 6) is 2.02. The van der Waals surface area contributed by atoms with Crippen LogP contribution in [0.25, 0.3) is 0 Å². The smallest absolute Gasteiger partial charge is 0.231 e. The molecule has 1 fully saturated rings. The third kappa shape index (κ3) is 4.45. The molecule has 154 valence electrons. The van der Waals surface area contributed by atoms with Crippen molar-refractivity contribution in [2.75, 3.05) is 33.6 Å². The van der Waals surface area contributed by atoms with Crippen molar-refractivity contribution in [3.05, 3.63) is 59.4 Å². The number of hydrogen-bond donors (Lipinski definition) is 2. The van der Waals surface area contributed by atoms with E-state index in [-0.39, 0.29) is 18.0 Å². The van der Waals surface area contributed by atoms with Crippen molar-refractivity contribution in [3.8, 4) is 11.5 Å². The highest BCUT2D eigenvalue weighted by Crippen LogP contribution is 2.40. The van der Waals surface area contributed by atoms with Crippen LogP contribution in [0.2, 0.25) is 0 Å². The summed E-state index contributed by atoms with van der Waals surface area (Å²) >= 11 is 0. The zero-order chi connectivity index (χ0) is 20.1. The van der Waals surface area contributed by atoms with Crippen LogP contribution in [0, 0.1) is 5.82 Å². The Morgan fingerprint density at radius 3 is 2.69 bits per heavy atom. The van der Waals surface area contributed by atoms with Crippen molar-refractivity contribution in [3.63, 3.8) is 0 Å². The van der Waals surface area contributed by atoms with E-state index in [4.69, 9.17) is 14.2 Å². The van der Waals surface area contributed by atoms with Gasteiger partial charge in [0.25, 0.3) is 0 Å². The van der Waals surface area contributed by atoms with Gasteiger partial charge in [-0.3, -0.25) is 4.99 Å². The summed E-state index contributed by atoms with van der Waals surface area (Å²) in [5.41, 5.74) is 1.98. The molecule has 2 aromatic rings. The molecular weight excluding hydrogens is 373 g/mol. The van der Waals surface area contributed by atoms with Crippen molar-refractivity contribution in [1.82, 2.24) is 10.6 Å². The molecule has 0 aliphatic carbocycles. The lowest BCUT2D eigenvalue weighted by Crippen LogP contribution is -2.47. The van der Waals surface area contributed by atoms with E-state index in [0.29, 0.717) is 32.3 Å². The van der Waals surface area contributed by atoms with Gasteiger partial charge in [0.1, 0.15) is 5.82 Å². The van der Waals surface area contributed by atoms with Gasteiger partial charge in [-0.1, -0.05) is 18.2 Å². The lowest BCUT2D eigenvalue weighted by atomic mass is 9.74. The second-order valence-corrected chi connectivity index (χ2v) is 7.37. The first-order chi connectivity index (χ1) is 14.2. The van der Waals surface area contributed by atoms with E-state index in [2.05, 4.69) is 27.8 Å². The molecule has 1 saturated heterocycles. The van der Waals surface area contributed by atoms with Crippen LogP contribution in [0.15, 0.2) is 47.5 Å². The van der Waals surface area contributed by atoms with Crippen LogP contribution in [-0.2, 0) is 16.7 Å². The van der Waals surface area contributed by atoms with Crippen LogP contribution >= 0.6 is 0 Å². The van der Waals surface area contributed by atoms with E-state index in [1.54, 1.807) is 13.1 Å². The highest BCUT2D eigenvalue weighted by molar-refractivity contribution is 5.79. The van der Waals surface area contributed by atoms with Crippen LogP contribution in [-0.4, -0.2) is 39.6 Å². The summed E-state index contributed by atoms with van der Waals surface area (Å²) in [6.07, 6.45) is 1.81. The number of hydrogen-bond acceptors (Lipinski definition) is 4. The van der Waals surface area contributed by atoms with Crippen LogP contribution in [0.4, 0.5) is 4.39 Å². The summed E-state index contributed by atoms with van der Waals surface area (Å²) in [7, 11) is 1.73. The Bertz CT molecular complexity index is 881. The van der Waals surface area contributed by atoms with Crippen molar-refractivity contribution >= 4 is 5.96 Å². The largest absolute Gasteiger partial charge is 0.454 e. The van der Waals surface area contributed by atoms with Crippen LogP contribution in [0.3, 0.4) is 0 Å². The Balaban J connectivity index is 1.45. The molecule has 2 N–H and O–H groups in total. The number of halogens is 1. The Labute approximate surface area is 170 Å². The number of aliphatic imine (C=N–C) groups is 1. The first-order valence-corrected chi connectivity index (χ1v) is 9.85. The molecule has 0 aromatic heterocycles. The molecule has 0 radical (unpaired) electrons. The third-order valence-corrected chi connectivity index (χ3v) is 5.60. The Morgan fingerprint density at radius 2 is 1.90 bits per heavy atom. The summed E-state index contributed by atoms with van der Waals surface area (Å²) in [5, 5.41) is 6.71. The molecular formula is C22H26FN3O3. The summed E-state index contributed by atoms with van der Waals surface area (Å²) in [4.78, 5) is 4.32. The van der Waals surface area contributed by atoms with Gasteiger partial charge in [0.2, 0.25) is 6.79 Å². The molecule has 2 aliphatic rings. The molecule has 6 nitrogen and oxygen atoms in total. The maximum Gasteiger partial charge on any atom is 0.231 e. The van der Waals surface area contributed by atoms with Gasteiger partial charge in [-0.25, -0.2) is 4.39 Å². The second-order valence-electron chi connectivity index (χ2n) is 7.37. The molecule has 4 rings (SSSR count). The zero-order valence-electron chi connectivity index (χ0n) is 16.5. The number of benzene rings is 2. The molecule has 0 amide bonds. The van der Waals surface area contributed by atoms with E-state index in [1.807, 2.05) is 12.1 Å². The highest BCUT2D eigenvalue weighted by atomic mass is 19.1. The first kappa shape index (κ1) is 19.5. The van der Waals surface area contributed by atoms with Crippen molar-refractivity contribution in [2.24, 2.45) is 4.99 Å². The predicted octanol–water partition coefficient (Wildman–Crippen LogP) is 2.97. The number of nitrogens with zero attached hydrogens (tertiary/aromatic N) is 1. The summed E-state index contributed by atoms with van der Waals surface area (Å²) in [6.45, 7) is 2.90. The van der Waals surface area contributed by atoms with Gasteiger partial charge in [0.15, 0.2) is 17.5 Å². The van der Waals surface area contributed by atoms with Gasteiger partial charge < -0.3 is 24.8 Å². The third-order valence-electron chi connectivity index (χ3n) is 5.60. The predicted molar refractivity (Wildman–Crippen MR) is 109 cm³/mol. The summed E-state index contributed by atoms with van der Waals surface area (Å²) in [6, 6.07) is 12.7. The van der Waals surface area contributed by atoms with Crippen molar-refractivity contribution in [2.45, 2.75) is 24.8 Å². The molecule has 0 atom stereocenters. The minimum atomic E-state index is -0.240. The lowest BCUT2D eigenvalue weighted by molar-refractivity contribution is 0.0513. The van der Waals surface area contributed by atoms with Crippen LogP contribution < -0.4 is 20.1 Å². The quantitative estimate of drug-likeness (QED) is 0.598. The number of nitrogens with one attached hydrogen (secondary N) is 2. The van der Waals surface area contributed by atoms with E-state index < -0.39 is 0 Å². The molecule has 2 aromatic carbocycles. The fourth-order valence-electron chi connectivity index (χ4n) is 3.86. The van der Waals surface area contributed by atoms with E-state index in [0.717, 1.165) is 29.9 Å². The maximum atomic E-state index is 13.4. The maximum absolute atomic E-state index is 13.4. The van der Waals surface area contributed by atoms with E-state index >= 15 is 0 Å². The number of guanidine groups is 1. The zero-order valence-corrected chi connectivity index (χ0v) is 16.5. The normalized spacial score (nSPS) is 17.8. The van der Waals surface area contributed by atoms with E-state index in [1.165, 1.54) is 17.7 Å². The fourth-order valence-corrected chi connectivity index (χ4v) is 3.86. The minimum absolute atomic E-state index is 0.0876. The number of ether oxygens (including phenoxy) is 3. The standard InChI is InChI=1S/C22H26FN3O3/c1-24-21(25-13-16-3-2-4-18(23)11-16)26-14-22(7-9-27-10-8-22)17-5-6-19-20(12-17)29-15-28-19/h2-6,11-12H,7-10,13-15H2,1H3,(H2,24,25,26). The highest BCUT2D eigenvalue weighted by Gasteiger charge is 2.35. The molecule has 0 spiro atoms. The molecule has 0 bridgehead atoms.